The molecule has 0 radical (unpaired) electrons. The minimum Gasteiger partial charge on any atom is -0.493 e. The zero-order chi connectivity index (χ0) is 17.1. The molecule has 1 aliphatic rings. The van der Waals surface area contributed by atoms with Gasteiger partial charge in [-0.15, -0.1) is 0 Å². The summed E-state index contributed by atoms with van der Waals surface area (Å²) in [6.45, 7) is 1.18. The van der Waals surface area contributed by atoms with Crippen molar-refractivity contribution in [1.82, 2.24) is 10.1 Å². The Balaban J connectivity index is 1.75. The number of piperidine rings is 1. The average molecular weight is 333 g/mol. The van der Waals surface area contributed by atoms with Crippen LogP contribution in [-0.2, 0) is 4.79 Å². The van der Waals surface area contributed by atoms with Crippen molar-refractivity contribution < 1.29 is 23.9 Å². The Morgan fingerprint density at radius 1 is 1.25 bits per heavy atom. The van der Waals surface area contributed by atoms with Crippen molar-refractivity contribution in [2.45, 2.75) is 12.8 Å². The number of hydrogen-bond donors (Lipinski definition) is 1. The Bertz CT molecular complexity index is 722. The molecule has 1 aromatic carbocycles. The number of aliphatic carboxylic acids is 1. The minimum absolute atomic E-state index is 0.297. The van der Waals surface area contributed by atoms with Crippen LogP contribution in [0.4, 0.5) is 6.01 Å². The fourth-order valence-corrected chi connectivity index (χ4v) is 2.75. The topological polar surface area (TPSA) is 97.9 Å². The van der Waals surface area contributed by atoms with E-state index in [1.165, 1.54) is 0 Å². The van der Waals surface area contributed by atoms with Crippen LogP contribution in [0, 0.1) is 5.92 Å². The van der Waals surface area contributed by atoms with Crippen molar-refractivity contribution in [3.63, 3.8) is 0 Å². The molecule has 0 saturated carbocycles. The molecule has 0 spiro atoms. The van der Waals surface area contributed by atoms with E-state index in [0.717, 1.165) is 5.56 Å². The average Bonchev–Trinajstić information content (AvgIpc) is 3.11. The van der Waals surface area contributed by atoms with Crippen LogP contribution >= 0.6 is 0 Å². The number of methoxy groups -OCH3 is 2. The summed E-state index contributed by atoms with van der Waals surface area (Å²) in [6, 6.07) is 5.79. The largest absolute Gasteiger partial charge is 0.493 e. The summed E-state index contributed by atoms with van der Waals surface area (Å²) in [5, 5.41) is 13.1. The van der Waals surface area contributed by atoms with Crippen LogP contribution < -0.4 is 14.4 Å². The summed E-state index contributed by atoms with van der Waals surface area (Å²) in [7, 11) is 3.14. The molecule has 1 N–H and O–H groups in total. The van der Waals surface area contributed by atoms with Gasteiger partial charge in [-0.05, 0) is 31.0 Å². The molecule has 3 rings (SSSR count). The minimum atomic E-state index is -0.744. The van der Waals surface area contributed by atoms with E-state index in [1.807, 2.05) is 11.0 Å². The zero-order valence-electron chi connectivity index (χ0n) is 13.6. The molecule has 1 aliphatic heterocycles. The van der Waals surface area contributed by atoms with E-state index in [9.17, 15) is 4.79 Å². The highest BCUT2D eigenvalue weighted by Crippen LogP contribution is 2.32. The van der Waals surface area contributed by atoms with Gasteiger partial charge in [0, 0.05) is 18.7 Å². The molecule has 2 aromatic rings. The standard InChI is InChI=1S/C16H19N3O5/c1-22-12-4-3-11(9-13(12)23-2)14-17-16(24-18-14)19-7-5-10(6-8-19)15(20)21/h3-4,9-10H,5-8H2,1-2H3,(H,20,21). The maximum Gasteiger partial charge on any atom is 0.324 e. The van der Waals surface area contributed by atoms with Gasteiger partial charge in [0.1, 0.15) is 0 Å². The lowest BCUT2D eigenvalue weighted by molar-refractivity contribution is -0.142. The van der Waals surface area contributed by atoms with E-state index >= 15 is 0 Å². The number of carboxylic acids is 1. The van der Waals surface area contributed by atoms with Crippen LogP contribution in [0.2, 0.25) is 0 Å². The Labute approximate surface area is 139 Å². The van der Waals surface area contributed by atoms with Gasteiger partial charge < -0.3 is 24.0 Å². The molecule has 0 amide bonds. The predicted octanol–water partition coefficient (Wildman–Crippen LogP) is 2.05. The molecular weight excluding hydrogens is 314 g/mol. The lowest BCUT2D eigenvalue weighted by Gasteiger charge is -2.28. The number of carbonyl (C=O) groups is 1. The summed E-state index contributed by atoms with van der Waals surface area (Å²) in [5.74, 6) is 0.622. The van der Waals surface area contributed by atoms with Crippen molar-refractivity contribution >= 4 is 12.0 Å². The molecule has 8 heteroatoms. The first-order valence-corrected chi connectivity index (χ1v) is 7.66. The molecule has 8 nitrogen and oxygen atoms in total. The van der Waals surface area contributed by atoms with Crippen LogP contribution in [0.3, 0.4) is 0 Å². The first-order valence-electron chi connectivity index (χ1n) is 7.66. The van der Waals surface area contributed by atoms with Crippen molar-refractivity contribution in [2.24, 2.45) is 5.92 Å². The number of ether oxygens (including phenoxy) is 2. The highest BCUT2D eigenvalue weighted by atomic mass is 16.5. The van der Waals surface area contributed by atoms with Gasteiger partial charge in [-0.2, -0.15) is 4.98 Å². The SMILES string of the molecule is COc1ccc(-c2noc(N3CCC(C(=O)O)CC3)n2)cc1OC. The monoisotopic (exact) mass is 333 g/mol. The smallest absolute Gasteiger partial charge is 0.324 e. The third-order valence-electron chi connectivity index (χ3n) is 4.17. The van der Waals surface area contributed by atoms with Crippen LogP contribution in [0.25, 0.3) is 11.4 Å². The van der Waals surface area contributed by atoms with E-state index in [4.69, 9.17) is 19.1 Å². The van der Waals surface area contributed by atoms with E-state index in [-0.39, 0.29) is 5.92 Å². The molecule has 128 valence electrons. The fourth-order valence-electron chi connectivity index (χ4n) is 2.75. The molecule has 1 aromatic heterocycles. The lowest BCUT2D eigenvalue weighted by atomic mass is 9.97. The highest BCUT2D eigenvalue weighted by molar-refractivity contribution is 5.70. The van der Waals surface area contributed by atoms with Gasteiger partial charge in [-0.3, -0.25) is 4.79 Å². The Morgan fingerprint density at radius 2 is 1.96 bits per heavy atom. The van der Waals surface area contributed by atoms with Gasteiger partial charge in [-0.25, -0.2) is 0 Å². The van der Waals surface area contributed by atoms with Crippen LogP contribution in [0.1, 0.15) is 12.8 Å². The predicted molar refractivity (Wildman–Crippen MR) is 85.4 cm³/mol. The van der Waals surface area contributed by atoms with E-state index < -0.39 is 5.97 Å². The van der Waals surface area contributed by atoms with Gasteiger partial charge in [0.2, 0.25) is 5.82 Å². The second-order valence-corrected chi connectivity index (χ2v) is 5.57. The molecular formula is C16H19N3O5. The van der Waals surface area contributed by atoms with Crippen molar-refractivity contribution in [3.05, 3.63) is 18.2 Å². The summed E-state index contributed by atoms with van der Waals surface area (Å²) in [5.41, 5.74) is 0.753. The van der Waals surface area contributed by atoms with Crippen molar-refractivity contribution in [1.29, 1.82) is 0 Å². The van der Waals surface area contributed by atoms with Gasteiger partial charge in [0.15, 0.2) is 11.5 Å². The molecule has 0 unspecified atom stereocenters. The number of hydrogen-bond acceptors (Lipinski definition) is 7. The number of aromatic nitrogens is 2. The van der Waals surface area contributed by atoms with Gasteiger partial charge in [0.25, 0.3) is 0 Å². The number of rotatable bonds is 5. The number of benzene rings is 1. The Hall–Kier alpha value is -2.77. The number of anilines is 1. The second-order valence-electron chi connectivity index (χ2n) is 5.57. The first kappa shape index (κ1) is 16.1. The lowest BCUT2D eigenvalue weighted by Crippen LogP contribution is -2.36. The van der Waals surface area contributed by atoms with Crippen molar-refractivity contribution in [3.8, 4) is 22.9 Å². The Kier molecular flexibility index (Phi) is 4.54. The summed E-state index contributed by atoms with van der Waals surface area (Å²) in [4.78, 5) is 17.3. The second kappa shape index (κ2) is 6.77. The van der Waals surface area contributed by atoms with E-state index in [1.54, 1.807) is 26.4 Å². The third-order valence-corrected chi connectivity index (χ3v) is 4.17. The summed E-state index contributed by atoms with van der Waals surface area (Å²) in [6.07, 6.45) is 1.15. The van der Waals surface area contributed by atoms with Crippen LogP contribution in [-0.4, -0.2) is 48.5 Å². The number of nitrogens with zero attached hydrogens (tertiary/aromatic N) is 3. The maximum absolute atomic E-state index is 11.0. The quantitative estimate of drug-likeness (QED) is 0.888. The normalized spacial score (nSPS) is 15.3. The molecule has 2 heterocycles. The molecule has 1 saturated heterocycles. The molecule has 0 aliphatic carbocycles. The van der Waals surface area contributed by atoms with E-state index in [2.05, 4.69) is 10.1 Å². The van der Waals surface area contributed by atoms with Gasteiger partial charge in [-0.1, -0.05) is 5.16 Å². The molecule has 0 bridgehead atoms. The molecule has 0 atom stereocenters. The van der Waals surface area contributed by atoms with E-state index in [0.29, 0.717) is 49.3 Å². The Morgan fingerprint density at radius 3 is 2.58 bits per heavy atom. The summed E-state index contributed by atoms with van der Waals surface area (Å²) < 4.78 is 15.8. The highest BCUT2D eigenvalue weighted by Gasteiger charge is 2.27. The van der Waals surface area contributed by atoms with Gasteiger partial charge in [0.05, 0.1) is 20.1 Å². The molecule has 1 fully saturated rings. The summed E-state index contributed by atoms with van der Waals surface area (Å²) >= 11 is 0. The maximum atomic E-state index is 11.0. The number of carboxylic acid groups (broad SMARTS) is 1. The van der Waals surface area contributed by atoms with Crippen LogP contribution in [0.15, 0.2) is 22.7 Å². The zero-order valence-corrected chi connectivity index (χ0v) is 13.6. The fraction of sp³-hybridized carbons (Fsp3) is 0.438. The van der Waals surface area contributed by atoms with Crippen LogP contribution in [0.5, 0.6) is 11.5 Å². The van der Waals surface area contributed by atoms with Gasteiger partial charge >= 0.3 is 12.0 Å². The molecule has 24 heavy (non-hydrogen) atoms. The third kappa shape index (κ3) is 3.12. The first-order chi connectivity index (χ1) is 11.6. The van der Waals surface area contributed by atoms with Crippen molar-refractivity contribution in [2.75, 3.05) is 32.2 Å².